The summed E-state index contributed by atoms with van der Waals surface area (Å²) in [7, 11) is 0. The van der Waals surface area contributed by atoms with Crippen LogP contribution in [0.1, 0.15) is 25.8 Å². The molecule has 1 aromatic rings. The molecule has 1 nitrogen and oxygen atoms in total. The van der Waals surface area contributed by atoms with Crippen LogP contribution in [0.3, 0.4) is 0 Å². The van der Waals surface area contributed by atoms with Crippen LogP contribution in [0.25, 0.3) is 0 Å². The zero-order valence-electron chi connectivity index (χ0n) is 8.33. The van der Waals surface area contributed by atoms with Gasteiger partial charge in [0, 0.05) is 5.54 Å². The fourth-order valence-electron chi connectivity index (χ4n) is 2.22. The summed E-state index contributed by atoms with van der Waals surface area (Å²) < 4.78 is 0. The fourth-order valence-corrected chi connectivity index (χ4v) is 2.22. The van der Waals surface area contributed by atoms with Gasteiger partial charge in [-0.3, -0.25) is 0 Å². The van der Waals surface area contributed by atoms with Crippen molar-refractivity contribution in [1.82, 2.24) is 0 Å². The largest absolute Gasteiger partial charge is 0.321 e. The molecule has 1 saturated carbocycles. The van der Waals surface area contributed by atoms with Gasteiger partial charge in [0.15, 0.2) is 0 Å². The number of rotatable bonds is 2. The molecule has 0 heterocycles. The molecule has 2 rings (SSSR count). The maximum absolute atomic E-state index is 6.31. The van der Waals surface area contributed by atoms with Gasteiger partial charge in [-0.1, -0.05) is 44.2 Å². The van der Waals surface area contributed by atoms with Gasteiger partial charge in [-0.2, -0.15) is 0 Å². The molecule has 1 aliphatic rings. The minimum atomic E-state index is -0.0184. The maximum atomic E-state index is 6.31. The highest BCUT2D eigenvalue weighted by Crippen LogP contribution is 2.53. The van der Waals surface area contributed by atoms with Crippen LogP contribution in [-0.2, 0) is 5.54 Å². The molecule has 13 heavy (non-hydrogen) atoms. The molecule has 1 aromatic carbocycles. The first kappa shape index (κ1) is 8.76. The lowest BCUT2D eigenvalue weighted by molar-refractivity contribution is 0.488. The first-order valence-corrected chi connectivity index (χ1v) is 4.99. The maximum Gasteiger partial charge on any atom is 0.0445 e. The van der Waals surface area contributed by atoms with Gasteiger partial charge in [0.1, 0.15) is 0 Å². The van der Waals surface area contributed by atoms with Crippen LogP contribution < -0.4 is 5.73 Å². The molecule has 0 amide bonds. The highest BCUT2D eigenvalue weighted by molar-refractivity contribution is 5.31. The zero-order chi connectivity index (χ0) is 9.47. The molecule has 0 radical (unpaired) electrons. The third-order valence-corrected chi connectivity index (χ3v) is 3.18. The van der Waals surface area contributed by atoms with Gasteiger partial charge in [-0.25, -0.2) is 0 Å². The van der Waals surface area contributed by atoms with Crippen molar-refractivity contribution in [2.24, 2.45) is 17.6 Å². The summed E-state index contributed by atoms with van der Waals surface area (Å²) in [4.78, 5) is 0. The van der Waals surface area contributed by atoms with Crippen molar-refractivity contribution in [3.05, 3.63) is 35.9 Å². The summed E-state index contributed by atoms with van der Waals surface area (Å²) in [5.41, 5.74) is 7.59. The molecule has 1 heteroatoms. The molecule has 2 unspecified atom stereocenters. The minimum absolute atomic E-state index is 0.0184. The van der Waals surface area contributed by atoms with Crippen LogP contribution in [0.15, 0.2) is 30.3 Å². The summed E-state index contributed by atoms with van der Waals surface area (Å²) in [5, 5.41) is 0. The van der Waals surface area contributed by atoms with Gasteiger partial charge in [-0.15, -0.1) is 0 Å². The first-order valence-electron chi connectivity index (χ1n) is 4.99. The Balaban J connectivity index is 2.21. The van der Waals surface area contributed by atoms with Gasteiger partial charge in [0.25, 0.3) is 0 Å². The topological polar surface area (TPSA) is 26.0 Å². The van der Waals surface area contributed by atoms with Crippen LogP contribution in [-0.4, -0.2) is 0 Å². The van der Waals surface area contributed by atoms with Gasteiger partial charge >= 0.3 is 0 Å². The molecule has 0 aromatic heterocycles. The molecule has 1 aliphatic carbocycles. The molecular weight excluding hydrogens is 158 g/mol. The summed E-state index contributed by atoms with van der Waals surface area (Å²) in [6, 6.07) is 10.5. The average molecular weight is 175 g/mol. The number of nitrogens with two attached hydrogens (primary N) is 1. The van der Waals surface area contributed by atoms with Crippen LogP contribution >= 0.6 is 0 Å². The van der Waals surface area contributed by atoms with E-state index in [2.05, 4.69) is 38.1 Å². The minimum Gasteiger partial charge on any atom is -0.321 e. The predicted octanol–water partition coefficient (Wildman–Crippen LogP) is 2.52. The van der Waals surface area contributed by atoms with E-state index in [1.807, 2.05) is 6.07 Å². The van der Waals surface area contributed by atoms with E-state index in [1.165, 1.54) is 5.56 Å². The van der Waals surface area contributed by atoms with Crippen molar-refractivity contribution in [1.29, 1.82) is 0 Å². The molecule has 0 saturated heterocycles. The fraction of sp³-hybridized carbons (Fsp3) is 0.500. The number of benzene rings is 1. The summed E-state index contributed by atoms with van der Waals surface area (Å²) in [6.45, 7) is 4.50. The molecule has 2 N–H and O–H groups in total. The van der Waals surface area contributed by atoms with Crippen LogP contribution in [0.2, 0.25) is 0 Å². The van der Waals surface area contributed by atoms with Gasteiger partial charge in [0.2, 0.25) is 0 Å². The second-order valence-corrected chi connectivity index (χ2v) is 4.46. The zero-order valence-corrected chi connectivity index (χ0v) is 8.33. The molecule has 2 atom stereocenters. The van der Waals surface area contributed by atoms with E-state index in [4.69, 9.17) is 5.73 Å². The van der Waals surface area contributed by atoms with Gasteiger partial charge in [0.05, 0.1) is 0 Å². The number of hydrogen-bond donors (Lipinski definition) is 1. The van der Waals surface area contributed by atoms with E-state index in [0.717, 1.165) is 6.42 Å². The van der Waals surface area contributed by atoms with Crippen molar-refractivity contribution < 1.29 is 0 Å². The smallest absolute Gasteiger partial charge is 0.0445 e. The quantitative estimate of drug-likeness (QED) is 0.734. The molecule has 1 fully saturated rings. The lowest BCUT2D eigenvalue weighted by Crippen LogP contribution is -2.23. The van der Waals surface area contributed by atoms with E-state index in [0.29, 0.717) is 11.8 Å². The molecule has 0 spiro atoms. The Hall–Kier alpha value is -0.820. The van der Waals surface area contributed by atoms with Crippen LogP contribution in [0, 0.1) is 11.8 Å². The Bertz CT molecular complexity index is 291. The van der Waals surface area contributed by atoms with E-state index in [9.17, 15) is 0 Å². The lowest BCUT2D eigenvalue weighted by atomic mass is 9.98. The summed E-state index contributed by atoms with van der Waals surface area (Å²) in [5.74, 6) is 1.38. The highest BCUT2D eigenvalue weighted by Gasteiger charge is 2.53. The Morgan fingerprint density at radius 3 is 2.38 bits per heavy atom. The summed E-state index contributed by atoms with van der Waals surface area (Å²) >= 11 is 0. The molecule has 70 valence electrons. The Morgan fingerprint density at radius 1 is 1.31 bits per heavy atom. The van der Waals surface area contributed by atoms with Crippen LogP contribution in [0.5, 0.6) is 0 Å². The Kier molecular flexibility index (Phi) is 1.92. The van der Waals surface area contributed by atoms with Crippen molar-refractivity contribution in [3.8, 4) is 0 Å². The van der Waals surface area contributed by atoms with Crippen molar-refractivity contribution in [2.45, 2.75) is 25.8 Å². The lowest BCUT2D eigenvalue weighted by Gasteiger charge is -2.13. The SMILES string of the molecule is CC(C)C1CC1(N)c1ccccc1. The van der Waals surface area contributed by atoms with E-state index in [-0.39, 0.29) is 5.54 Å². The Morgan fingerprint density at radius 2 is 1.92 bits per heavy atom. The molecular formula is C12H17N. The third-order valence-electron chi connectivity index (χ3n) is 3.18. The third kappa shape index (κ3) is 1.37. The monoisotopic (exact) mass is 175 g/mol. The van der Waals surface area contributed by atoms with Crippen LogP contribution in [0.4, 0.5) is 0 Å². The average Bonchev–Trinajstić information content (AvgIpc) is 2.82. The number of hydrogen-bond acceptors (Lipinski definition) is 1. The highest BCUT2D eigenvalue weighted by atomic mass is 14.9. The Labute approximate surface area is 80.0 Å². The molecule has 0 aliphatic heterocycles. The van der Waals surface area contributed by atoms with Crippen molar-refractivity contribution >= 4 is 0 Å². The van der Waals surface area contributed by atoms with Crippen molar-refractivity contribution in [3.63, 3.8) is 0 Å². The van der Waals surface area contributed by atoms with Gasteiger partial charge in [-0.05, 0) is 23.8 Å². The van der Waals surface area contributed by atoms with Crippen molar-refractivity contribution in [2.75, 3.05) is 0 Å². The second-order valence-electron chi connectivity index (χ2n) is 4.46. The van der Waals surface area contributed by atoms with Gasteiger partial charge < -0.3 is 5.73 Å². The standard InChI is InChI=1S/C12H17N/c1-9(2)11-8-12(11,13)10-6-4-3-5-7-10/h3-7,9,11H,8,13H2,1-2H3. The van der Waals surface area contributed by atoms with E-state index >= 15 is 0 Å². The van der Waals surface area contributed by atoms with E-state index in [1.54, 1.807) is 0 Å². The second kappa shape index (κ2) is 2.85. The van der Waals surface area contributed by atoms with E-state index < -0.39 is 0 Å². The predicted molar refractivity (Wildman–Crippen MR) is 55.3 cm³/mol. The molecule has 0 bridgehead atoms. The first-order chi connectivity index (χ1) is 6.14. The normalized spacial score (nSPS) is 32.2. The summed E-state index contributed by atoms with van der Waals surface area (Å²) in [6.07, 6.45) is 1.15.